The van der Waals surface area contributed by atoms with Crippen molar-refractivity contribution in [3.05, 3.63) is 34.6 Å². The molecule has 0 spiro atoms. The Morgan fingerprint density at radius 2 is 2.23 bits per heavy atom. The molecule has 0 aliphatic carbocycles. The van der Waals surface area contributed by atoms with E-state index < -0.39 is 0 Å². The molecule has 0 bridgehead atoms. The highest BCUT2D eigenvalue weighted by Crippen LogP contribution is 2.18. The van der Waals surface area contributed by atoms with Crippen LogP contribution in [-0.4, -0.2) is 17.5 Å². The third-order valence-electron chi connectivity index (χ3n) is 1.49. The predicted molar refractivity (Wildman–Crippen MR) is 54.7 cm³/mol. The molecule has 0 unspecified atom stereocenters. The average molecular weight is 221 g/mol. The van der Waals surface area contributed by atoms with Crippen LogP contribution in [0.2, 0.25) is 5.02 Å². The number of benzene rings is 1. The number of rotatable bonds is 4. The lowest BCUT2D eigenvalue weighted by molar-refractivity contribution is 0.322. The number of thioether (sulfide) groups is 1. The van der Waals surface area contributed by atoms with Crippen LogP contribution < -0.4 is 0 Å². The lowest BCUT2D eigenvalue weighted by Gasteiger charge is -2.01. The smallest absolute Gasteiger partial charge is 0.142 e. The quantitative estimate of drug-likeness (QED) is 0.788. The molecule has 0 fully saturated rings. The number of aliphatic hydroxyl groups is 1. The van der Waals surface area contributed by atoms with Gasteiger partial charge >= 0.3 is 0 Å². The second kappa shape index (κ2) is 5.47. The Hall–Kier alpha value is -0.250. The van der Waals surface area contributed by atoms with Crippen molar-refractivity contribution >= 4 is 23.4 Å². The van der Waals surface area contributed by atoms with Gasteiger partial charge in [0.2, 0.25) is 0 Å². The van der Waals surface area contributed by atoms with Crippen LogP contribution >= 0.6 is 23.4 Å². The van der Waals surface area contributed by atoms with Gasteiger partial charge in [-0.2, -0.15) is 11.8 Å². The molecular formula is C9H10ClFOS. The molecular weight excluding hydrogens is 211 g/mol. The van der Waals surface area contributed by atoms with E-state index >= 15 is 0 Å². The van der Waals surface area contributed by atoms with Gasteiger partial charge in [-0.05, 0) is 17.7 Å². The second-order valence-corrected chi connectivity index (χ2v) is 4.04. The Bertz CT molecular complexity index is 280. The van der Waals surface area contributed by atoms with Gasteiger partial charge in [-0.1, -0.05) is 17.7 Å². The maximum absolute atomic E-state index is 12.9. The standard InChI is InChI=1S/C9H10ClFOS/c10-8-2-1-7(5-9(8)11)6-13-4-3-12/h1-2,5,12H,3-4,6H2. The second-order valence-electron chi connectivity index (χ2n) is 2.52. The maximum atomic E-state index is 12.9. The van der Waals surface area contributed by atoms with Crippen molar-refractivity contribution in [3.8, 4) is 0 Å². The summed E-state index contributed by atoms with van der Waals surface area (Å²) in [6, 6.07) is 4.76. The molecule has 1 rings (SSSR count). The molecule has 13 heavy (non-hydrogen) atoms. The fourth-order valence-electron chi connectivity index (χ4n) is 0.884. The Morgan fingerprint density at radius 1 is 1.46 bits per heavy atom. The monoisotopic (exact) mass is 220 g/mol. The highest BCUT2D eigenvalue weighted by atomic mass is 35.5. The zero-order chi connectivity index (χ0) is 9.68. The minimum absolute atomic E-state index is 0.149. The number of aliphatic hydroxyl groups excluding tert-OH is 1. The summed E-state index contributed by atoms with van der Waals surface area (Å²) in [6.45, 7) is 0.154. The van der Waals surface area contributed by atoms with Crippen LogP contribution in [0.1, 0.15) is 5.56 Å². The van der Waals surface area contributed by atoms with Crippen LogP contribution in [0.4, 0.5) is 4.39 Å². The van der Waals surface area contributed by atoms with Gasteiger partial charge in [0.1, 0.15) is 5.82 Å². The van der Waals surface area contributed by atoms with Crippen molar-refractivity contribution in [1.29, 1.82) is 0 Å². The van der Waals surface area contributed by atoms with E-state index in [1.54, 1.807) is 23.9 Å². The summed E-state index contributed by atoms with van der Waals surface area (Å²) in [4.78, 5) is 0. The molecule has 0 aliphatic rings. The van der Waals surface area contributed by atoms with E-state index in [9.17, 15) is 4.39 Å². The molecule has 0 atom stereocenters. The van der Waals surface area contributed by atoms with E-state index in [2.05, 4.69) is 0 Å². The first-order valence-corrected chi connectivity index (χ1v) is 5.40. The summed E-state index contributed by atoms with van der Waals surface area (Å²) in [5, 5.41) is 8.68. The van der Waals surface area contributed by atoms with Crippen molar-refractivity contribution < 1.29 is 9.50 Å². The zero-order valence-corrected chi connectivity index (χ0v) is 8.54. The number of hydrogen-bond donors (Lipinski definition) is 1. The Labute approximate surface area is 85.9 Å². The average Bonchev–Trinajstić information content (AvgIpc) is 2.12. The Kier molecular flexibility index (Phi) is 4.56. The first kappa shape index (κ1) is 10.8. The van der Waals surface area contributed by atoms with Crippen LogP contribution in [0.5, 0.6) is 0 Å². The minimum Gasteiger partial charge on any atom is -0.396 e. The molecule has 0 aliphatic heterocycles. The first-order valence-electron chi connectivity index (χ1n) is 3.86. The fraction of sp³-hybridized carbons (Fsp3) is 0.333. The van der Waals surface area contributed by atoms with Crippen molar-refractivity contribution in [2.75, 3.05) is 12.4 Å². The molecule has 1 aromatic carbocycles. The van der Waals surface area contributed by atoms with Crippen LogP contribution in [0.3, 0.4) is 0 Å². The molecule has 1 N–H and O–H groups in total. The van der Waals surface area contributed by atoms with Crippen LogP contribution in [0.25, 0.3) is 0 Å². The lowest BCUT2D eigenvalue weighted by atomic mass is 10.2. The molecule has 0 aromatic heterocycles. The van der Waals surface area contributed by atoms with Crippen LogP contribution in [-0.2, 0) is 5.75 Å². The SMILES string of the molecule is OCCSCc1ccc(Cl)c(F)c1. The largest absolute Gasteiger partial charge is 0.396 e. The molecule has 0 saturated carbocycles. The van der Waals surface area contributed by atoms with Gasteiger partial charge in [0.25, 0.3) is 0 Å². The fourth-order valence-corrected chi connectivity index (χ4v) is 1.69. The molecule has 1 aromatic rings. The molecule has 0 saturated heterocycles. The number of halogens is 2. The normalized spacial score (nSPS) is 10.4. The summed E-state index contributed by atoms with van der Waals surface area (Å²) in [7, 11) is 0. The van der Waals surface area contributed by atoms with E-state index in [-0.39, 0.29) is 17.4 Å². The molecule has 1 nitrogen and oxygen atoms in total. The highest BCUT2D eigenvalue weighted by Gasteiger charge is 2.00. The predicted octanol–water partition coefficient (Wildman–Crippen LogP) is 2.70. The van der Waals surface area contributed by atoms with Gasteiger partial charge in [0.15, 0.2) is 0 Å². The van der Waals surface area contributed by atoms with Crippen molar-refractivity contribution in [1.82, 2.24) is 0 Å². The van der Waals surface area contributed by atoms with E-state index in [4.69, 9.17) is 16.7 Å². The van der Waals surface area contributed by atoms with Crippen molar-refractivity contribution in [2.45, 2.75) is 5.75 Å². The summed E-state index contributed by atoms with van der Waals surface area (Å²) < 4.78 is 12.9. The van der Waals surface area contributed by atoms with E-state index in [0.29, 0.717) is 11.5 Å². The summed E-state index contributed by atoms with van der Waals surface area (Å²) in [6.07, 6.45) is 0. The third kappa shape index (κ3) is 3.55. The molecule has 72 valence electrons. The van der Waals surface area contributed by atoms with E-state index in [1.807, 2.05) is 0 Å². The minimum atomic E-state index is -0.385. The van der Waals surface area contributed by atoms with Crippen molar-refractivity contribution in [2.24, 2.45) is 0 Å². The number of hydrogen-bond acceptors (Lipinski definition) is 2. The molecule has 4 heteroatoms. The van der Waals surface area contributed by atoms with Gasteiger partial charge in [-0.3, -0.25) is 0 Å². The zero-order valence-electron chi connectivity index (χ0n) is 6.96. The maximum Gasteiger partial charge on any atom is 0.142 e. The van der Waals surface area contributed by atoms with E-state index in [1.165, 1.54) is 6.07 Å². The lowest BCUT2D eigenvalue weighted by Crippen LogP contribution is -1.89. The van der Waals surface area contributed by atoms with Gasteiger partial charge in [-0.25, -0.2) is 4.39 Å². The summed E-state index contributed by atoms with van der Waals surface area (Å²) in [5.74, 6) is 0.989. The highest BCUT2D eigenvalue weighted by molar-refractivity contribution is 7.98. The van der Waals surface area contributed by atoms with Gasteiger partial charge < -0.3 is 5.11 Å². The third-order valence-corrected chi connectivity index (χ3v) is 2.80. The Morgan fingerprint density at radius 3 is 2.85 bits per heavy atom. The van der Waals surface area contributed by atoms with Gasteiger partial charge in [0, 0.05) is 11.5 Å². The Balaban J connectivity index is 2.53. The van der Waals surface area contributed by atoms with Gasteiger partial charge in [0.05, 0.1) is 11.6 Å². The van der Waals surface area contributed by atoms with Crippen molar-refractivity contribution in [3.63, 3.8) is 0 Å². The summed E-state index contributed by atoms with van der Waals surface area (Å²) in [5.41, 5.74) is 0.889. The van der Waals surface area contributed by atoms with Crippen LogP contribution in [0, 0.1) is 5.82 Å². The summed E-state index contributed by atoms with van der Waals surface area (Å²) >= 11 is 7.08. The molecule has 0 amide bonds. The topological polar surface area (TPSA) is 20.2 Å². The van der Waals surface area contributed by atoms with Gasteiger partial charge in [-0.15, -0.1) is 0 Å². The first-order chi connectivity index (χ1) is 6.24. The van der Waals surface area contributed by atoms with Crippen LogP contribution in [0.15, 0.2) is 18.2 Å². The van der Waals surface area contributed by atoms with E-state index in [0.717, 1.165) is 5.56 Å². The molecule has 0 radical (unpaired) electrons. The molecule has 0 heterocycles.